The summed E-state index contributed by atoms with van der Waals surface area (Å²) >= 11 is 11.8. The Morgan fingerprint density at radius 1 is 1.28 bits per heavy atom. The fraction of sp³-hybridized carbons (Fsp3) is 0.538. The van der Waals surface area contributed by atoms with Crippen LogP contribution >= 0.6 is 23.2 Å². The molecule has 0 aromatic heterocycles. The molecular weight excluding hydrogens is 273 g/mol. The number of hydrogen-bond donors (Lipinski definition) is 1. The number of hydrogen-bond acceptors (Lipinski definition) is 3. The van der Waals surface area contributed by atoms with Crippen molar-refractivity contribution >= 4 is 23.2 Å². The zero-order chi connectivity index (χ0) is 13.5. The van der Waals surface area contributed by atoms with Gasteiger partial charge in [-0.15, -0.1) is 0 Å². The van der Waals surface area contributed by atoms with Gasteiger partial charge in [-0.05, 0) is 31.3 Å². The van der Waals surface area contributed by atoms with Gasteiger partial charge in [0.25, 0.3) is 0 Å². The minimum atomic E-state index is -0.531. The third-order valence-corrected chi connectivity index (χ3v) is 3.22. The maximum absolute atomic E-state index is 9.85. The average Bonchev–Trinajstić information content (AvgIpc) is 2.35. The van der Waals surface area contributed by atoms with Gasteiger partial charge in [0, 0.05) is 11.6 Å². The second-order valence-electron chi connectivity index (χ2n) is 4.03. The van der Waals surface area contributed by atoms with Crippen LogP contribution in [0.15, 0.2) is 18.2 Å². The van der Waals surface area contributed by atoms with Gasteiger partial charge in [-0.3, -0.25) is 0 Å². The van der Waals surface area contributed by atoms with E-state index in [4.69, 9.17) is 27.9 Å². The summed E-state index contributed by atoms with van der Waals surface area (Å²) < 4.78 is 5.48. The van der Waals surface area contributed by atoms with E-state index in [9.17, 15) is 5.11 Å². The number of aliphatic hydroxyl groups is 1. The van der Waals surface area contributed by atoms with Gasteiger partial charge in [0.2, 0.25) is 0 Å². The molecule has 0 heterocycles. The zero-order valence-electron chi connectivity index (χ0n) is 10.7. The maximum Gasteiger partial charge on any atom is 0.138 e. The molecule has 3 nitrogen and oxygen atoms in total. The summed E-state index contributed by atoms with van der Waals surface area (Å²) in [5, 5.41) is 10.9. The fourth-order valence-electron chi connectivity index (χ4n) is 1.61. The van der Waals surface area contributed by atoms with Crippen LogP contribution in [0.2, 0.25) is 10.0 Å². The summed E-state index contributed by atoms with van der Waals surface area (Å²) in [6.07, 6.45) is -0.531. The largest absolute Gasteiger partial charge is 0.489 e. The molecule has 1 aromatic carbocycles. The predicted octanol–water partition coefficient (Wildman–Crippen LogP) is 3.07. The average molecular weight is 292 g/mol. The van der Waals surface area contributed by atoms with Crippen LogP contribution in [0.4, 0.5) is 0 Å². The van der Waals surface area contributed by atoms with Crippen molar-refractivity contribution in [1.29, 1.82) is 0 Å². The molecule has 1 aromatic rings. The molecule has 0 spiro atoms. The Balaban J connectivity index is 2.44. The highest BCUT2D eigenvalue weighted by Gasteiger charge is 2.11. The van der Waals surface area contributed by atoms with Crippen molar-refractivity contribution in [3.63, 3.8) is 0 Å². The molecule has 102 valence electrons. The van der Waals surface area contributed by atoms with Gasteiger partial charge < -0.3 is 14.7 Å². The number of halogens is 2. The Kier molecular flexibility index (Phi) is 6.79. The first-order valence-corrected chi connectivity index (χ1v) is 6.80. The zero-order valence-corrected chi connectivity index (χ0v) is 12.2. The number of nitrogens with zero attached hydrogens (tertiary/aromatic N) is 1. The third-order valence-electron chi connectivity index (χ3n) is 2.69. The van der Waals surface area contributed by atoms with E-state index in [2.05, 4.69) is 18.7 Å². The molecule has 0 aliphatic rings. The summed E-state index contributed by atoms with van der Waals surface area (Å²) in [5.74, 6) is 0.541. The van der Waals surface area contributed by atoms with Crippen molar-refractivity contribution in [2.24, 2.45) is 0 Å². The van der Waals surface area contributed by atoms with Gasteiger partial charge in [0.15, 0.2) is 0 Å². The molecule has 0 fully saturated rings. The normalized spacial score (nSPS) is 12.8. The minimum absolute atomic E-state index is 0.220. The van der Waals surface area contributed by atoms with Crippen molar-refractivity contribution in [3.05, 3.63) is 28.2 Å². The van der Waals surface area contributed by atoms with Crippen LogP contribution < -0.4 is 4.74 Å². The van der Waals surface area contributed by atoms with Crippen molar-refractivity contribution in [2.45, 2.75) is 20.0 Å². The van der Waals surface area contributed by atoms with Crippen molar-refractivity contribution in [1.82, 2.24) is 4.90 Å². The summed E-state index contributed by atoms with van der Waals surface area (Å²) in [6.45, 7) is 6.76. The van der Waals surface area contributed by atoms with Gasteiger partial charge in [-0.25, -0.2) is 0 Å². The second kappa shape index (κ2) is 7.85. The number of likely N-dealkylation sites (N-methyl/N-ethyl adjacent to an activating group) is 1. The molecule has 1 atom stereocenters. The molecule has 0 aliphatic heterocycles. The van der Waals surface area contributed by atoms with Gasteiger partial charge in [-0.2, -0.15) is 0 Å². The summed E-state index contributed by atoms with van der Waals surface area (Å²) in [5.41, 5.74) is 0. The first kappa shape index (κ1) is 15.6. The number of benzene rings is 1. The van der Waals surface area contributed by atoms with Crippen LogP contribution in [0.5, 0.6) is 5.75 Å². The summed E-state index contributed by atoms with van der Waals surface area (Å²) in [4.78, 5) is 2.14. The van der Waals surface area contributed by atoms with Gasteiger partial charge >= 0.3 is 0 Å². The molecule has 5 heteroatoms. The van der Waals surface area contributed by atoms with Crippen molar-refractivity contribution in [3.8, 4) is 5.75 Å². The molecule has 0 amide bonds. The standard InChI is InChI=1S/C13H19Cl2NO2/c1-3-16(4-2)8-11(17)9-18-13-6-5-10(14)7-12(13)15/h5-7,11,17H,3-4,8-9H2,1-2H3/t11-/m0/s1. The van der Waals surface area contributed by atoms with Crippen LogP contribution in [0, 0.1) is 0 Å². The Morgan fingerprint density at radius 3 is 2.50 bits per heavy atom. The Hall–Kier alpha value is -0.480. The number of aliphatic hydroxyl groups excluding tert-OH is 1. The van der Waals surface area contributed by atoms with Gasteiger partial charge in [0.1, 0.15) is 18.5 Å². The van der Waals surface area contributed by atoms with Crippen LogP contribution in [-0.2, 0) is 0 Å². The van der Waals surface area contributed by atoms with Gasteiger partial charge in [-0.1, -0.05) is 37.0 Å². The smallest absolute Gasteiger partial charge is 0.138 e. The second-order valence-corrected chi connectivity index (χ2v) is 4.87. The molecule has 0 unspecified atom stereocenters. The monoisotopic (exact) mass is 291 g/mol. The van der Waals surface area contributed by atoms with E-state index in [0.717, 1.165) is 13.1 Å². The maximum atomic E-state index is 9.85. The Morgan fingerprint density at radius 2 is 1.94 bits per heavy atom. The van der Waals surface area contributed by atoms with E-state index < -0.39 is 6.10 Å². The van der Waals surface area contributed by atoms with Crippen molar-refractivity contribution < 1.29 is 9.84 Å². The first-order valence-electron chi connectivity index (χ1n) is 6.05. The lowest BCUT2D eigenvalue weighted by Crippen LogP contribution is -2.35. The molecule has 0 saturated heterocycles. The summed E-state index contributed by atoms with van der Waals surface area (Å²) in [6, 6.07) is 5.03. The van der Waals surface area contributed by atoms with Gasteiger partial charge in [0.05, 0.1) is 5.02 Å². The van der Waals surface area contributed by atoms with E-state index in [-0.39, 0.29) is 6.61 Å². The highest BCUT2D eigenvalue weighted by molar-refractivity contribution is 6.35. The molecule has 0 aliphatic carbocycles. The van der Waals surface area contributed by atoms with E-state index in [1.165, 1.54) is 0 Å². The topological polar surface area (TPSA) is 32.7 Å². The quantitative estimate of drug-likeness (QED) is 0.838. The molecular formula is C13H19Cl2NO2. The molecule has 0 bridgehead atoms. The Bertz CT molecular complexity index is 370. The lowest BCUT2D eigenvalue weighted by atomic mass is 10.3. The molecule has 0 radical (unpaired) electrons. The summed E-state index contributed by atoms with van der Waals surface area (Å²) in [7, 11) is 0. The number of rotatable bonds is 7. The van der Waals surface area contributed by atoms with E-state index in [1.807, 2.05) is 0 Å². The lowest BCUT2D eigenvalue weighted by Gasteiger charge is -2.22. The Labute approximate surface area is 118 Å². The highest BCUT2D eigenvalue weighted by atomic mass is 35.5. The van der Waals surface area contributed by atoms with E-state index in [0.29, 0.717) is 22.3 Å². The van der Waals surface area contributed by atoms with E-state index in [1.54, 1.807) is 18.2 Å². The van der Waals surface area contributed by atoms with Crippen molar-refractivity contribution in [2.75, 3.05) is 26.2 Å². The third kappa shape index (κ3) is 5.02. The minimum Gasteiger partial charge on any atom is -0.489 e. The van der Waals surface area contributed by atoms with E-state index >= 15 is 0 Å². The lowest BCUT2D eigenvalue weighted by molar-refractivity contribution is 0.0717. The first-order chi connectivity index (χ1) is 8.56. The molecule has 1 rings (SSSR count). The molecule has 0 saturated carbocycles. The van der Waals surface area contributed by atoms with Crippen LogP contribution in [0.3, 0.4) is 0 Å². The fourth-order valence-corrected chi connectivity index (χ4v) is 2.07. The molecule has 18 heavy (non-hydrogen) atoms. The van der Waals surface area contributed by atoms with Crippen LogP contribution in [0.25, 0.3) is 0 Å². The van der Waals surface area contributed by atoms with Crippen LogP contribution in [-0.4, -0.2) is 42.4 Å². The molecule has 1 N–H and O–H groups in total. The number of ether oxygens (including phenoxy) is 1. The highest BCUT2D eigenvalue weighted by Crippen LogP contribution is 2.27. The van der Waals surface area contributed by atoms with Crippen LogP contribution in [0.1, 0.15) is 13.8 Å². The SMILES string of the molecule is CCN(CC)C[C@H](O)COc1ccc(Cl)cc1Cl. The predicted molar refractivity (Wildman–Crippen MR) is 75.8 cm³/mol.